The Morgan fingerprint density at radius 2 is 2.41 bits per heavy atom. The molecule has 2 heterocycles. The number of nitrogens with one attached hydrogen (secondary N) is 2. The van der Waals surface area contributed by atoms with Crippen LogP contribution in [0.4, 0.5) is 0 Å². The van der Waals surface area contributed by atoms with Crippen LogP contribution in [0.1, 0.15) is 30.3 Å². The summed E-state index contributed by atoms with van der Waals surface area (Å²) >= 11 is 1.20. The minimum Gasteiger partial charge on any atom is -0.330 e. The first-order valence-electron chi connectivity index (χ1n) is 5.71. The maximum absolute atomic E-state index is 11.0. The molecule has 3 rings (SSSR count). The van der Waals surface area contributed by atoms with E-state index in [2.05, 4.69) is 19.9 Å². The average molecular weight is 250 g/mol. The SMILES string of the molecule is O=c1[nH]c(CNCc2cncn2C2CC2)cs1. The van der Waals surface area contributed by atoms with Gasteiger partial charge in [-0.25, -0.2) is 4.98 Å². The standard InChI is InChI=1S/C11H14N4OS/c16-11-14-8(6-17-11)3-12-4-10-5-13-7-15(10)9-1-2-9/h5-7,9,12H,1-4H2,(H,14,16). The minimum absolute atomic E-state index is 0.00447. The molecule has 0 bridgehead atoms. The zero-order valence-electron chi connectivity index (χ0n) is 9.35. The van der Waals surface area contributed by atoms with Crippen molar-refractivity contribution in [2.24, 2.45) is 0 Å². The van der Waals surface area contributed by atoms with Gasteiger partial charge in [0.25, 0.3) is 0 Å². The van der Waals surface area contributed by atoms with Crippen molar-refractivity contribution in [2.75, 3.05) is 0 Å². The number of imidazole rings is 1. The van der Waals surface area contributed by atoms with Gasteiger partial charge in [0.15, 0.2) is 0 Å². The molecule has 2 aromatic rings. The number of H-pyrrole nitrogens is 1. The molecule has 0 saturated heterocycles. The van der Waals surface area contributed by atoms with Crippen LogP contribution >= 0.6 is 11.3 Å². The quantitative estimate of drug-likeness (QED) is 0.839. The number of thiazole rings is 1. The fourth-order valence-electron chi connectivity index (χ4n) is 1.88. The van der Waals surface area contributed by atoms with Crippen LogP contribution in [0.15, 0.2) is 22.7 Å². The van der Waals surface area contributed by atoms with E-state index in [-0.39, 0.29) is 4.87 Å². The van der Waals surface area contributed by atoms with Gasteiger partial charge in [-0.1, -0.05) is 11.3 Å². The maximum Gasteiger partial charge on any atom is 0.304 e. The molecule has 1 aliphatic rings. The Kier molecular flexibility index (Phi) is 2.82. The van der Waals surface area contributed by atoms with Crippen LogP contribution in [-0.4, -0.2) is 14.5 Å². The first-order chi connectivity index (χ1) is 8.33. The van der Waals surface area contributed by atoms with Crippen molar-refractivity contribution in [1.29, 1.82) is 0 Å². The zero-order valence-corrected chi connectivity index (χ0v) is 10.2. The third-order valence-electron chi connectivity index (χ3n) is 2.88. The monoisotopic (exact) mass is 250 g/mol. The zero-order chi connectivity index (χ0) is 11.7. The molecule has 0 spiro atoms. The van der Waals surface area contributed by atoms with Crippen molar-refractivity contribution in [3.05, 3.63) is 39.0 Å². The molecule has 17 heavy (non-hydrogen) atoms. The van der Waals surface area contributed by atoms with Crippen molar-refractivity contribution >= 4 is 11.3 Å². The van der Waals surface area contributed by atoms with Gasteiger partial charge < -0.3 is 14.9 Å². The van der Waals surface area contributed by atoms with E-state index in [1.165, 1.54) is 29.9 Å². The molecule has 2 N–H and O–H groups in total. The van der Waals surface area contributed by atoms with E-state index in [0.29, 0.717) is 12.6 Å². The second-order valence-corrected chi connectivity index (χ2v) is 5.14. The second kappa shape index (κ2) is 4.46. The summed E-state index contributed by atoms with van der Waals surface area (Å²) < 4.78 is 2.24. The Hall–Kier alpha value is -1.40. The first-order valence-corrected chi connectivity index (χ1v) is 6.59. The lowest BCUT2D eigenvalue weighted by Crippen LogP contribution is -2.16. The van der Waals surface area contributed by atoms with Crippen LogP contribution in [-0.2, 0) is 13.1 Å². The van der Waals surface area contributed by atoms with Crippen LogP contribution in [0.2, 0.25) is 0 Å². The Morgan fingerprint density at radius 3 is 3.12 bits per heavy atom. The topological polar surface area (TPSA) is 62.7 Å². The molecule has 1 saturated carbocycles. The number of nitrogens with zero attached hydrogens (tertiary/aromatic N) is 2. The number of rotatable bonds is 5. The van der Waals surface area contributed by atoms with Crippen LogP contribution in [0.25, 0.3) is 0 Å². The van der Waals surface area contributed by atoms with Gasteiger partial charge in [-0.05, 0) is 12.8 Å². The Morgan fingerprint density at radius 1 is 1.53 bits per heavy atom. The summed E-state index contributed by atoms with van der Waals surface area (Å²) in [6.07, 6.45) is 6.34. The summed E-state index contributed by atoms with van der Waals surface area (Å²) in [5.41, 5.74) is 2.16. The predicted octanol–water partition coefficient (Wildman–Crippen LogP) is 1.26. The third-order valence-corrected chi connectivity index (χ3v) is 3.60. The molecule has 0 aromatic carbocycles. The van der Waals surface area contributed by atoms with E-state index in [4.69, 9.17) is 0 Å². The van der Waals surface area contributed by atoms with E-state index in [1.807, 2.05) is 17.9 Å². The fourth-order valence-corrected chi connectivity index (χ4v) is 2.46. The molecular weight excluding hydrogens is 236 g/mol. The van der Waals surface area contributed by atoms with Gasteiger partial charge in [-0.3, -0.25) is 4.79 Å². The van der Waals surface area contributed by atoms with Crippen molar-refractivity contribution < 1.29 is 0 Å². The normalized spacial score (nSPS) is 15.3. The van der Waals surface area contributed by atoms with Crippen LogP contribution in [0.3, 0.4) is 0 Å². The van der Waals surface area contributed by atoms with Gasteiger partial charge in [-0.15, -0.1) is 0 Å². The van der Waals surface area contributed by atoms with E-state index in [0.717, 1.165) is 12.2 Å². The molecule has 0 atom stereocenters. The van der Waals surface area contributed by atoms with E-state index >= 15 is 0 Å². The first kappa shape index (κ1) is 10.7. The molecule has 2 aromatic heterocycles. The minimum atomic E-state index is 0.00447. The molecule has 1 aliphatic carbocycles. The smallest absolute Gasteiger partial charge is 0.304 e. The summed E-state index contributed by atoms with van der Waals surface area (Å²) in [5, 5.41) is 5.17. The summed E-state index contributed by atoms with van der Waals surface area (Å²) in [7, 11) is 0. The number of hydrogen-bond donors (Lipinski definition) is 2. The molecule has 6 heteroatoms. The highest BCUT2D eigenvalue weighted by atomic mass is 32.1. The van der Waals surface area contributed by atoms with E-state index < -0.39 is 0 Å². The van der Waals surface area contributed by atoms with Gasteiger partial charge in [0, 0.05) is 36.4 Å². The Bertz CT molecular complexity index is 552. The van der Waals surface area contributed by atoms with Crippen molar-refractivity contribution in [2.45, 2.75) is 32.0 Å². The number of aromatic amines is 1. The van der Waals surface area contributed by atoms with Crippen molar-refractivity contribution in [3.63, 3.8) is 0 Å². The van der Waals surface area contributed by atoms with Gasteiger partial charge in [0.05, 0.1) is 12.0 Å². The summed E-state index contributed by atoms with van der Waals surface area (Å²) in [6, 6.07) is 0.662. The molecule has 1 fully saturated rings. The largest absolute Gasteiger partial charge is 0.330 e. The van der Waals surface area contributed by atoms with Gasteiger partial charge in [-0.2, -0.15) is 0 Å². The lowest BCUT2D eigenvalue weighted by molar-refractivity contribution is 0.616. The molecule has 0 radical (unpaired) electrons. The lowest BCUT2D eigenvalue weighted by atomic mass is 10.4. The molecule has 0 aliphatic heterocycles. The highest BCUT2D eigenvalue weighted by Crippen LogP contribution is 2.35. The van der Waals surface area contributed by atoms with Gasteiger partial charge in [0.2, 0.25) is 0 Å². The highest BCUT2D eigenvalue weighted by Gasteiger charge is 2.24. The maximum atomic E-state index is 11.0. The fraction of sp³-hybridized carbons (Fsp3) is 0.455. The lowest BCUT2D eigenvalue weighted by Gasteiger charge is -2.07. The number of hydrogen-bond acceptors (Lipinski definition) is 4. The van der Waals surface area contributed by atoms with Gasteiger partial charge >= 0.3 is 4.87 Å². The third kappa shape index (κ3) is 2.48. The van der Waals surface area contributed by atoms with Crippen molar-refractivity contribution in [3.8, 4) is 0 Å². The summed E-state index contributed by atoms with van der Waals surface area (Å²) in [4.78, 5) is 17.9. The predicted molar refractivity (Wildman–Crippen MR) is 66.0 cm³/mol. The van der Waals surface area contributed by atoms with E-state index in [1.54, 1.807) is 0 Å². The van der Waals surface area contributed by atoms with Crippen LogP contribution < -0.4 is 10.2 Å². The summed E-state index contributed by atoms with van der Waals surface area (Å²) in [5.74, 6) is 0. The average Bonchev–Trinajstić information content (AvgIpc) is 2.92. The number of aromatic nitrogens is 3. The molecule has 0 unspecified atom stereocenters. The second-order valence-electron chi connectivity index (χ2n) is 4.30. The van der Waals surface area contributed by atoms with E-state index in [9.17, 15) is 4.79 Å². The van der Waals surface area contributed by atoms with Crippen LogP contribution in [0, 0.1) is 0 Å². The Labute approximate surface area is 103 Å². The highest BCUT2D eigenvalue weighted by molar-refractivity contribution is 7.07. The van der Waals surface area contributed by atoms with Crippen LogP contribution in [0.5, 0.6) is 0 Å². The molecule has 0 amide bonds. The van der Waals surface area contributed by atoms with Gasteiger partial charge in [0.1, 0.15) is 0 Å². The van der Waals surface area contributed by atoms with Crippen molar-refractivity contribution in [1.82, 2.24) is 19.9 Å². The summed E-state index contributed by atoms with van der Waals surface area (Å²) in [6.45, 7) is 1.48. The molecule has 5 nitrogen and oxygen atoms in total. The molecule has 90 valence electrons. The Balaban J connectivity index is 1.56. The molecular formula is C11H14N4OS.